The lowest BCUT2D eigenvalue weighted by Gasteiger charge is -2.10. The molecule has 0 amide bonds. The summed E-state index contributed by atoms with van der Waals surface area (Å²) < 4.78 is 49.4. The summed E-state index contributed by atoms with van der Waals surface area (Å²) in [4.78, 5) is 10.3. The summed E-state index contributed by atoms with van der Waals surface area (Å²) in [6, 6.07) is 1.30. The maximum Gasteiger partial charge on any atom is 0.419 e. The normalized spacial score (nSPS) is 11.4. The highest BCUT2D eigenvalue weighted by Gasteiger charge is 2.36. The van der Waals surface area contributed by atoms with E-state index in [4.69, 9.17) is 5.73 Å². The zero-order chi connectivity index (χ0) is 10.9. The number of hydrogen-bond acceptors (Lipinski definition) is 2. The van der Waals surface area contributed by atoms with Crippen molar-refractivity contribution < 1.29 is 22.4 Å². The molecule has 1 aromatic carbocycles. The second kappa shape index (κ2) is 3.28. The van der Waals surface area contributed by atoms with E-state index < -0.39 is 23.1 Å². The Balaban J connectivity index is 3.48. The van der Waals surface area contributed by atoms with Gasteiger partial charge in [0.15, 0.2) is 6.29 Å². The van der Waals surface area contributed by atoms with Gasteiger partial charge in [-0.3, -0.25) is 4.79 Å². The Kier molecular flexibility index (Phi) is 2.46. The molecule has 0 bridgehead atoms. The van der Waals surface area contributed by atoms with Gasteiger partial charge in [-0.25, -0.2) is 4.39 Å². The van der Waals surface area contributed by atoms with E-state index in [-0.39, 0.29) is 12.0 Å². The zero-order valence-corrected chi connectivity index (χ0v) is 6.73. The standard InChI is InChI=1S/C8H5F4NO/c9-6-2-5(13)1-4(3-14)7(6)8(10,11)12/h1-3H,13H2. The van der Waals surface area contributed by atoms with Crippen LogP contribution in [0.25, 0.3) is 0 Å². The van der Waals surface area contributed by atoms with Crippen molar-refractivity contribution in [2.24, 2.45) is 0 Å². The summed E-state index contributed by atoms with van der Waals surface area (Å²) in [6.07, 6.45) is -4.98. The van der Waals surface area contributed by atoms with Gasteiger partial charge in [0, 0.05) is 11.3 Å². The summed E-state index contributed by atoms with van der Waals surface area (Å²) >= 11 is 0. The van der Waals surface area contributed by atoms with Gasteiger partial charge in [0.2, 0.25) is 0 Å². The fourth-order valence-electron chi connectivity index (χ4n) is 1.04. The lowest BCUT2D eigenvalue weighted by atomic mass is 10.1. The number of carbonyl (C=O) groups excluding carboxylic acids is 1. The fourth-order valence-corrected chi connectivity index (χ4v) is 1.04. The first-order valence-electron chi connectivity index (χ1n) is 3.47. The molecular formula is C8H5F4NO. The third kappa shape index (κ3) is 1.84. The summed E-state index contributed by atoms with van der Waals surface area (Å²) in [7, 11) is 0. The maximum absolute atomic E-state index is 12.8. The van der Waals surface area contributed by atoms with Crippen molar-refractivity contribution in [3.8, 4) is 0 Å². The smallest absolute Gasteiger partial charge is 0.399 e. The molecule has 0 aliphatic carbocycles. The van der Waals surface area contributed by atoms with E-state index >= 15 is 0 Å². The Morgan fingerprint density at radius 1 is 1.29 bits per heavy atom. The van der Waals surface area contributed by atoms with Crippen LogP contribution < -0.4 is 5.73 Å². The Morgan fingerprint density at radius 3 is 2.29 bits per heavy atom. The predicted molar refractivity (Wildman–Crippen MR) is 41.2 cm³/mol. The molecule has 0 aliphatic heterocycles. The number of nitrogens with two attached hydrogens (primary N) is 1. The quantitative estimate of drug-likeness (QED) is 0.436. The average Bonchev–Trinajstić information content (AvgIpc) is 1.99. The number of hydrogen-bond donors (Lipinski definition) is 1. The summed E-state index contributed by atoms with van der Waals surface area (Å²) in [5.74, 6) is -1.54. The van der Waals surface area contributed by atoms with Gasteiger partial charge in [0.25, 0.3) is 0 Å². The summed E-state index contributed by atoms with van der Waals surface area (Å²) in [5, 5.41) is 0. The van der Waals surface area contributed by atoms with Gasteiger partial charge in [-0.2, -0.15) is 13.2 Å². The Morgan fingerprint density at radius 2 is 1.86 bits per heavy atom. The van der Waals surface area contributed by atoms with E-state index in [0.717, 1.165) is 6.07 Å². The van der Waals surface area contributed by atoms with Crippen LogP contribution >= 0.6 is 0 Å². The van der Waals surface area contributed by atoms with Crippen molar-refractivity contribution in [3.63, 3.8) is 0 Å². The minimum atomic E-state index is -4.89. The minimum Gasteiger partial charge on any atom is -0.399 e. The maximum atomic E-state index is 12.8. The molecular weight excluding hydrogens is 202 g/mol. The molecule has 2 nitrogen and oxygen atoms in total. The average molecular weight is 207 g/mol. The molecule has 2 N–H and O–H groups in total. The number of aldehydes is 1. The topological polar surface area (TPSA) is 43.1 Å². The lowest BCUT2D eigenvalue weighted by Crippen LogP contribution is -2.12. The number of nitrogen functional groups attached to an aromatic ring is 1. The minimum absolute atomic E-state index is 0.0811. The molecule has 0 radical (unpaired) electrons. The molecule has 76 valence electrons. The highest BCUT2D eigenvalue weighted by atomic mass is 19.4. The highest BCUT2D eigenvalue weighted by molar-refractivity contribution is 5.79. The van der Waals surface area contributed by atoms with Crippen LogP contribution in [-0.2, 0) is 6.18 Å². The molecule has 14 heavy (non-hydrogen) atoms. The number of alkyl halides is 3. The number of benzene rings is 1. The van der Waals surface area contributed by atoms with Crippen LogP contribution in [-0.4, -0.2) is 6.29 Å². The molecule has 6 heteroatoms. The summed E-state index contributed by atoms with van der Waals surface area (Å²) in [6.45, 7) is 0. The van der Waals surface area contributed by atoms with Gasteiger partial charge in [0.05, 0.1) is 0 Å². The van der Waals surface area contributed by atoms with E-state index in [1.54, 1.807) is 0 Å². The van der Waals surface area contributed by atoms with Crippen LogP contribution in [0.15, 0.2) is 12.1 Å². The van der Waals surface area contributed by atoms with Gasteiger partial charge in [-0.1, -0.05) is 0 Å². The first-order valence-corrected chi connectivity index (χ1v) is 3.47. The molecule has 0 unspecified atom stereocenters. The van der Waals surface area contributed by atoms with Crippen molar-refractivity contribution >= 4 is 12.0 Å². The third-order valence-corrected chi connectivity index (χ3v) is 1.55. The van der Waals surface area contributed by atoms with Gasteiger partial charge in [-0.15, -0.1) is 0 Å². The first-order chi connectivity index (χ1) is 6.36. The molecule has 0 saturated heterocycles. The number of carbonyl (C=O) groups is 1. The molecule has 0 fully saturated rings. The van der Waals surface area contributed by atoms with Crippen molar-refractivity contribution in [2.45, 2.75) is 6.18 Å². The van der Waals surface area contributed by atoms with Crippen LogP contribution in [0.5, 0.6) is 0 Å². The SMILES string of the molecule is Nc1cc(F)c(C(F)(F)F)c(C=O)c1. The molecule has 0 atom stereocenters. The van der Waals surface area contributed by atoms with E-state index in [1.807, 2.05) is 0 Å². The van der Waals surface area contributed by atoms with E-state index in [2.05, 4.69) is 0 Å². The van der Waals surface area contributed by atoms with Crippen molar-refractivity contribution in [1.82, 2.24) is 0 Å². The largest absolute Gasteiger partial charge is 0.419 e. The molecule has 0 aliphatic rings. The predicted octanol–water partition coefficient (Wildman–Crippen LogP) is 2.24. The van der Waals surface area contributed by atoms with E-state index in [9.17, 15) is 22.4 Å². The highest BCUT2D eigenvalue weighted by Crippen LogP contribution is 2.34. The lowest BCUT2D eigenvalue weighted by molar-refractivity contribution is -0.140. The molecule has 1 rings (SSSR count). The van der Waals surface area contributed by atoms with Gasteiger partial charge in [-0.05, 0) is 12.1 Å². The Labute approximate surface area is 76.3 Å². The Hall–Kier alpha value is -1.59. The summed E-state index contributed by atoms with van der Waals surface area (Å²) in [5.41, 5.74) is 2.48. The number of anilines is 1. The van der Waals surface area contributed by atoms with Crippen LogP contribution in [0.2, 0.25) is 0 Å². The van der Waals surface area contributed by atoms with Gasteiger partial charge < -0.3 is 5.73 Å². The molecule has 0 heterocycles. The molecule has 0 aromatic heterocycles. The van der Waals surface area contributed by atoms with Crippen LogP contribution in [0.4, 0.5) is 23.2 Å². The van der Waals surface area contributed by atoms with Gasteiger partial charge in [0.1, 0.15) is 11.4 Å². The van der Waals surface area contributed by atoms with Crippen molar-refractivity contribution in [1.29, 1.82) is 0 Å². The van der Waals surface area contributed by atoms with Crippen molar-refractivity contribution in [3.05, 3.63) is 29.1 Å². The second-order valence-electron chi connectivity index (χ2n) is 2.58. The zero-order valence-electron chi connectivity index (χ0n) is 6.73. The monoisotopic (exact) mass is 207 g/mol. The number of halogens is 4. The second-order valence-corrected chi connectivity index (χ2v) is 2.58. The van der Waals surface area contributed by atoms with Crippen LogP contribution in [0.3, 0.4) is 0 Å². The fraction of sp³-hybridized carbons (Fsp3) is 0.125. The van der Waals surface area contributed by atoms with Crippen LogP contribution in [0, 0.1) is 5.82 Å². The first kappa shape index (κ1) is 10.5. The van der Waals surface area contributed by atoms with E-state index in [0.29, 0.717) is 6.07 Å². The molecule has 0 saturated carbocycles. The third-order valence-electron chi connectivity index (χ3n) is 1.55. The van der Waals surface area contributed by atoms with Crippen molar-refractivity contribution in [2.75, 3.05) is 5.73 Å². The van der Waals surface area contributed by atoms with Gasteiger partial charge >= 0.3 is 6.18 Å². The van der Waals surface area contributed by atoms with E-state index in [1.165, 1.54) is 0 Å². The number of rotatable bonds is 1. The van der Waals surface area contributed by atoms with Crippen LogP contribution in [0.1, 0.15) is 15.9 Å². The Bertz CT molecular complexity index is 372. The molecule has 1 aromatic rings. The molecule has 0 spiro atoms.